The van der Waals surface area contributed by atoms with Gasteiger partial charge in [0.15, 0.2) is 0 Å². The van der Waals surface area contributed by atoms with Gasteiger partial charge in [-0.1, -0.05) is 49.4 Å². The number of carbonyl (C=O) groups is 1. The van der Waals surface area contributed by atoms with Crippen LogP contribution < -0.4 is 5.32 Å². The van der Waals surface area contributed by atoms with Gasteiger partial charge < -0.3 is 5.32 Å². The number of hydrogen-bond donors (Lipinski definition) is 1. The number of amides is 1. The summed E-state index contributed by atoms with van der Waals surface area (Å²) in [5, 5.41) is 3.09. The number of carbonyl (C=O) groups excluding carboxylic acids is 1. The fraction of sp³-hybridized carbons (Fsp3) is 0.350. The van der Waals surface area contributed by atoms with E-state index in [0.717, 1.165) is 24.8 Å². The van der Waals surface area contributed by atoms with Gasteiger partial charge in [0.05, 0.1) is 5.41 Å². The van der Waals surface area contributed by atoms with Gasteiger partial charge >= 0.3 is 0 Å². The van der Waals surface area contributed by atoms with Crippen LogP contribution in [0.2, 0.25) is 0 Å². The zero-order valence-electron chi connectivity index (χ0n) is 13.4. The Labute approximate surface area is 136 Å². The summed E-state index contributed by atoms with van der Waals surface area (Å²) >= 11 is 0. The van der Waals surface area contributed by atoms with Crippen LogP contribution in [0, 0.1) is 5.82 Å². The van der Waals surface area contributed by atoms with E-state index in [0.29, 0.717) is 12.5 Å². The molecular formula is C20H22FNO. The molecule has 3 heteroatoms. The number of halogens is 1. The maximum atomic E-state index is 13.4. The lowest BCUT2D eigenvalue weighted by Crippen LogP contribution is -2.37. The van der Waals surface area contributed by atoms with Crippen LogP contribution in [0.1, 0.15) is 43.2 Å². The molecule has 1 fully saturated rings. The molecule has 0 aliphatic heterocycles. The largest absolute Gasteiger partial charge is 0.355 e. The highest BCUT2D eigenvalue weighted by atomic mass is 19.1. The predicted octanol–water partition coefficient (Wildman–Crippen LogP) is 4.17. The quantitative estimate of drug-likeness (QED) is 0.852. The summed E-state index contributed by atoms with van der Waals surface area (Å²) in [4.78, 5) is 12.7. The molecule has 23 heavy (non-hydrogen) atoms. The third-order valence-electron chi connectivity index (χ3n) is 4.83. The standard InChI is InChI=1S/C20H22FNO/c1-2-15(16-7-4-3-5-8-16)14-22-19(23)20(11-12-20)17-9-6-10-18(21)13-17/h3-10,13,15H,2,11-12,14H2,1H3,(H,22,23). The molecule has 1 amide bonds. The first-order valence-corrected chi connectivity index (χ1v) is 8.25. The van der Waals surface area contributed by atoms with Crippen molar-refractivity contribution in [2.75, 3.05) is 6.54 Å². The summed E-state index contributed by atoms with van der Waals surface area (Å²) in [5.74, 6) is 0.0539. The molecule has 2 aromatic carbocycles. The average Bonchev–Trinajstić information content (AvgIpc) is 3.38. The van der Waals surface area contributed by atoms with E-state index in [2.05, 4.69) is 24.4 Å². The minimum absolute atomic E-state index is 0.0254. The normalized spacial score (nSPS) is 16.6. The zero-order chi connectivity index (χ0) is 16.3. The zero-order valence-corrected chi connectivity index (χ0v) is 13.4. The van der Waals surface area contributed by atoms with E-state index < -0.39 is 5.41 Å². The molecule has 1 N–H and O–H groups in total. The molecule has 0 bridgehead atoms. The van der Waals surface area contributed by atoms with Crippen LogP contribution in [0.4, 0.5) is 4.39 Å². The van der Waals surface area contributed by atoms with Crippen molar-refractivity contribution in [2.45, 2.75) is 37.5 Å². The molecule has 1 aliphatic carbocycles. The highest BCUT2D eigenvalue weighted by Gasteiger charge is 2.51. The second-order valence-corrected chi connectivity index (χ2v) is 6.32. The molecule has 1 unspecified atom stereocenters. The Balaban J connectivity index is 1.67. The monoisotopic (exact) mass is 311 g/mol. The number of nitrogens with one attached hydrogen (secondary N) is 1. The van der Waals surface area contributed by atoms with Crippen molar-refractivity contribution in [2.24, 2.45) is 0 Å². The Hall–Kier alpha value is -2.16. The first-order chi connectivity index (χ1) is 11.2. The highest BCUT2D eigenvalue weighted by molar-refractivity contribution is 5.91. The summed E-state index contributed by atoms with van der Waals surface area (Å²) in [5.41, 5.74) is 1.52. The molecule has 0 aromatic heterocycles. The van der Waals surface area contributed by atoms with Crippen LogP contribution in [-0.4, -0.2) is 12.5 Å². The van der Waals surface area contributed by atoms with Crippen molar-refractivity contribution < 1.29 is 9.18 Å². The molecular weight excluding hydrogens is 289 g/mol. The highest BCUT2D eigenvalue weighted by Crippen LogP contribution is 2.48. The van der Waals surface area contributed by atoms with E-state index in [-0.39, 0.29) is 11.7 Å². The van der Waals surface area contributed by atoms with Gasteiger partial charge in [0, 0.05) is 12.5 Å². The van der Waals surface area contributed by atoms with Crippen LogP contribution >= 0.6 is 0 Å². The topological polar surface area (TPSA) is 29.1 Å². The van der Waals surface area contributed by atoms with Crippen LogP contribution in [-0.2, 0) is 10.2 Å². The van der Waals surface area contributed by atoms with E-state index in [1.807, 2.05) is 24.3 Å². The van der Waals surface area contributed by atoms with Crippen molar-refractivity contribution in [1.29, 1.82) is 0 Å². The maximum absolute atomic E-state index is 13.4. The molecule has 3 rings (SSSR count). The van der Waals surface area contributed by atoms with Gasteiger partial charge in [-0.3, -0.25) is 4.79 Å². The molecule has 1 atom stereocenters. The average molecular weight is 311 g/mol. The molecule has 0 heterocycles. The Morgan fingerprint density at radius 3 is 2.52 bits per heavy atom. The third kappa shape index (κ3) is 3.29. The van der Waals surface area contributed by atoms with Crippen LogP contribution in [0.15, 0.2) is 54.6 Å². The van der Waals surface area contributed by atoms with Crippen molar-refractivity contribution in [3.63, 3.8) is 0 Å². The number of rotatable bonds is 6. The molecule has 0 radical (unpaired) electrons. The predicted molar refractivity (Wildman–Crippen MR) is 89.8 cm³/mol. The SMILES string of the molecule is CCC(CNC(=O)C1(c2cccc(F)c2)CC1)c1ccccc1. The molecule has 1 saturated carbocycles. The minimum Gasteiger partial charge on any atom is -0.355 e. The van der Waals surface area contributed by atoms with Gasteiger partial charge in [-0.15, -0.1) is 0 Å². The smallest absolute Gasteiger partial charge is 0.230 e. The van der Waals surface area contributed by atoms with E-state index in [9.17, 15) is 9.18 Å². The molecule has 2 aromatic rings. The van der Waals surface area contributed by atoms with E-state index in [4.69, 9.17) is 0 Å². The summed E-state index contributed by atoms with van der Waals surface area (Å²) < 4.78 is 13.4. The van der Waals surface area contributed by atoms with Crippen LogP contribution in [0.3, 0.4) is 0 Å². The van der Waals surface area contributed by atoms with E-state index in [1.54, 1.807) is 6.07 Å². The lowest BCUT2D eigenvalue weighted by molar-refractivity contribution is -0.123. The Morgan fingerprint density at radius 2 is 1.91 bits per heavy atom. The molecule has 0 spiro atoms. The summed E-state index contributed by atoms with van der Waals surface area (Å²) in [6.45, 7) is 2.75. The lowest BCUT2D eigenvalue weighted by atomic mass is 9.93. The first kappa shape index (κ1) is 15.7. The number of benzene rings is 2. The van der Waals surface area contributed by atoms with Crippen LogP contribution in [0.25, 0.3) is 0 Å². The fourth-order valence-electron chi connectivity index (χ4n) is 3.17. The van der Waals surface area contributed by atoms with Crippen molar-refractivity contribution in [1.82, 2.24) is 5.32 Å². The van der Waals surface area contributed by atoms with E-state index in [1.165, 1.54) is 17.7 Å². The minimum atomic E-state index is -0.517. The van der Waals surface area contributed by atoms with Crippen molar-refractivity contribution in [3.05, 3.63) is 71.5 Å². The first-order valence-electron chi connectivity index (χ1n) is 8.25. The van der Waals surface area contributed by atoms with Gasteiger partial charge in [0.2, 0.25) is 5.91 Å². The van der Waals surface area contributed by atoms with E-state index >= 15 is 0 Å². The lowest BCUT2D eigenvalue weighted by Gasteiger charge is -2.20. The Kier molecular flexibility index (Phi) is 4.46. The van der Waals surface area contributed by atoms with Crippen LogP contribution in [0.5, 0.6) is 0 Å². The van der Waals surface area contributed by atoms with Gasteiger partial charge in [0.25, 0.3) is 0 Å². The molecule has 0 saturated heterocycles. The summed E-state index contributed by atoms with van der Waals surface area (Å²) in [7, 11) is 0. The fourth-order valence-corrected chi connectivity index (χ4v) is 3.17. The second-order valence-electron chi connectivity index (χ2n) is 6.32. The Bertz CT molecular complexity index is 679. The second kappa shape index (κ2) is 6.53. The van der Waals surface area contributed by atoms with Crippen molar-refractivity contribution >= 4 is 5.91 Å². The van der Waals surface area contributed by atoms with Gasteiger partial charge in [-0.2, -0.15) is 0 Å². The molecule has 120 valence electrons. The summed E-state index contributed by atoms with van der Waals surface area (Å²) in [6, 6.07) is 16.7. The maximum Gasteiger partial charge on any atom is 0.230 e. The van der Waals surface area contributed by atoms with Gasteiger partial charge in [0.1, 0.15) is 5.82 Å². The third-order valence-corrected chi connectivity index (χ3v) is 4.83. The number of hydrogen-bond acceptors (Lipinski definition) is 1. The molecule has 1 aliphatic rings. The Morgan fingerprint density at radius 1 is 1.17 bits per heavy atom. The molecule has 2 nitrogen and oxygen atoms in total. The van der Waals surface area contributed by atoms with Gasteiger partial charge in [-0.05, 0) is 42.5 Å². The summed E-state index contributed by atoms with van der Waals surface area (Å²) in [6.07, 6.45) is 2.56. The van der Waals surface area contributed by atoms with Gasteiger partial charge in [-0.25, -0.2) is 4.39 Å². The van der Waals surface area contributed by atoms with Crippen molar-refractivity contribution in [3.8, 4) is 0 Å².